The largest absolute Gasteiger partial charge is 0.384 e. The molecule has 2 N–H and O–H groups in total. The van der Waals surface area contributed by atoms with Crippen LogP contribution in [-0.2, 0) is 14.4 Å². The summed E-state index contributed by atoms with van der Waals surface area (Å²) >= 11 is 0. The van der Waals surface area contributed by atoms with Gasteiger partial charge in [-0.3, -0.25) is 9.59 Å². The molecule has 0 saturated carbocycles. The summed E-state index contributed by atoms with van der Waals surface area (Å²) in [7, 11) is 0. The Balaban J connectivity index is 1.71. The van der Waals surface area contributed by atoms with Crippen molar-refractivity contribution in [3.8, 4) is 0 Å². The monoisotopic (exact) mass is 360 g/mol. The first-order valence-corrected chi connectivity index (χ1v) is 8.78. The minimum absolute atomic E-state index is 0.00671. The molecule has 140 valence electrons. The van der Waals surface area contributed by atoms with Crippen molar-refractivity contribution in [3.63, 3.8) is 0 Å². The van der Waals surface area contributed by atoms with Gasteiger partial charge in [-0.1, -0.05) is 11.2 Å². The van der Waals surface area contributed by atoms with Gasteiger partial charge in [0, 0.05) is 24.8 Å². The second-order valence-corrected chi connectivity index (χ2v) is 7.03. The Bertz CT molecular complexity index is 734. The zero-order valence-corrected chi connectivity index (χ0v) is 15.2. The summed E-state index contributed by atoms with van der Waals surface area (Å²) in [5, 5.41) is 9.76. The molecule has 1 saturated heterocycles. The van der Waals surface area contributed by atoms with Gasteiger partial charge in [-0.15, -0.1) is 0 Å². The Morgan fingerprint density at radius 1 is 1.31 bits per heavy atom. The maximum atomic E-state index is 12.6. The summed E-state index contributed by atoms with van der Waals surface area (Å²) in [5.41, 5.74) is 0.578. The normalized spacial score (nSPS) is 24.9. The van der Waals surface area contributed by atoms with Gasteiger partial charge in [0.05, 0.1) is 12.6 Å². The second-order valence-electron chi connectivity index (χ2n) is 7.03. The predicted molar refractivity (Wildman–Crippen MR) is 94.8 cm³/mol. The molecule has 1 aromatic heterocycles. The van der Waals surface area contributed by atoms with E-state index in [-0.39, 0.29) is 36.9 Å². The fraction of sp³-hybridized carbons (Fsp3) is 0.556. The third-order valence-electron chi connectivity index (χ3n) is 4.44. The number of carbonyl (C=O) groups excluding carboxylic acids is 2. The first-order valence-electron chi connectivity index (χ1n) is 8.78. The summed E-state index contributed by atoms with van der Waals surface area (Å²) in [4.78, 5) is 34.7. The van der Waals surface area contributed by atoms with Crippen molar-refractivity contribution >= 4 is 17.5 Å². The maximum Gasteiger partial charge on any atom is 0.270 e. The van der Waals surface area contributed by atoms with Gasteiger partial charge in [-0.2, -0.15) is 0 Å². The highest BCUT2D eigenvalue weighted by Gasteiger charge is 2.50. The minimum Gasteiger partial charge on any atom is -0.384 e. The van der Waals surface area contributed by atoms with Crippen molar-refractivity contribution in [1.82, 2.24) is 15.6 Å². The molecule has 1 spiro atoms. The zero-order chi connectivity index (χ0) is 18.7. The lowest BCUT2D eigenvalue weighted by atomic mass is 9.85. The molecule has 0 bridgehead atoms. The fourth-order valence-electron chi connectivity index (χ4n) is 3.14. The predicted octanol–water partition coefficient (Wildman–Crippen LogP) is 0.948. The van der Waals surface area contributed by atoms with E-state index in [9.17, 15) is 9.59 Å². The van der Waals surface area contributed by atoms with Crippen molar-refractivity contribution in [2.75, 3.05) is 13.2 Å². The molecule has 2 amide bonds. The Labute approximate surface area is 152 Å². The molecule has 8 nitrogen and oxygen atoms in total. The molecule has 2 aliphatic heterocycles. The van der Waals surface area contributed by atoms with Crippen LogP contribution in [0.4, 0.5) is 0 Å². The first kappa shape index (κ1) is 18.3. The van der Waals surface area contributed by atoms with Crippen LogP contribution in [0.2, 0.25) is 0 Å². The van der Waals surface area contributed by atoms with Crippen LogP contribution < -0.4 is 10.6 Å². The average Bonchev–Trinajstić information content (AvgIpc) is 3.01. The number of ether oxygens (including phenoxy) is 1. The number of nitrogens with one attached hydrogen (secondary N) is 2. The summed E-state index contributed by atoms with van der Waals surface area (Å²) < 4.78 is 5.56. The lowest BCUT2D eigenvalue weighted by Crippen LogP contribution is -2.59. The number of aromatic nitrogens is 1. The minimum atomic E-state index is -0.860. The Kier molecular flexibility index (Phi) is 5.22. The third-order valence-corrected chi connectivity index (χ3v) is 4.44. The molecule has 8 heteroatoms. The highest BCUT2D eigenvalue weighted by atomic mass is 16.7. The van der Waals surface area contributed by atoms with E-state index in [0.717, 1.165) is 5.69 Å². The Hall–Kier alpha value is -2.48. The average molecular weight is 360 g/mol. The van der Waals surface area contributed by atoms with E-state index in [2.05, 4.69) is 20.8 Å². The van der Waals surface area contributed by atoms with Crippen LogP contribution in [0.3, 0.4) is 0 Å². The van der Waals surface area contributed by atoms with E-state index >= 15 is 0 Å². The van der Waals surface area contributed by atoms with E-state index in [4.69, 9.17) is 9.57 Å². The van der Waals surface area contributed by atoms with Crippen LogP contribution in [0.25, 0.3) is 0 Å². The quantitative estimate of drug-likeness (QED) is 0.832. The van der Waals surface area contributed by atoms with E-state index in [0.29, 0.717) is 24.4 Å². The van der Waals surface area contributed by atoms with Gasteiger partial charge in [0.15, 0.2) is 5.60 Å². The number of nitrogens with zero attached hydrogens (tertiary/aromatic N) is 2. The molecule has 3 heterocycles. The van der Waals surface area contributed by atoms with Crippen LogP contribution in [-0.4, -0.2) is 53.4 Å². The van der Waals surface area contributed by atoms with E-state index in [1.54, 1.807) is 12.1 Å². The van der Waals surface area contributed by atoms with Gasteiger partial charge in [-0.05, 0) is 39.3 Å². The molecule has 1 fully saturated rings. The van der Waals surface area contributed by atoms with E-state index in [1.165, 1.54) is 0 Å². The number of carbonyl (C=O) groups is 2. The highest BCUT2D eigenvalue weighted by Crippen LogP contribution is 2.33. The molecular weight excluding hydrogens is 336 g/mol. The van der Waals surface area contributed by atoms with Crippen LogP contribution >= 0.6 is 0 Å². The van der Waals surface area contributed by atoms with Crippen molar-refractivity contribution < 1.29 is 19.2 Å². The van der Waals surface area contributed by atoms with Crippen LogP contribution in [0, 0.1) is 6.92 Å². The van der Waals surface area contributed by atoms with Crippen LogP contribution in [0.1, 0.15) is 42.9 Å². The molecule has 26 heavy (non-hydrogen) atoms. The van der Waals surface area contributed by atoms with Gasteiger partial charge in [0.2, 0.25) is 0 Å². The van der Waals surface area contributed by atoms with Gasteiger partial charge in [-0.25, -0.2) is 4.98 Å². The lowest BCUT2D eigenvalue weighted by molar-refractivity contribution is -0.128. The first-order chi connectivity index (χ1) is 12.4. The van der Waals surface area contributed by atoms with E-state index in [1.807, 2.05) is 26.8 Å². The molecule has 0 radical (unpaired) electrons. The molecule has 0 aromatic carbocycles. The van der Waals surface area contributed by atoms with Crippen LogP contribution in [0.5, 0.6) is 0 Å². The van der Waals surface area contributed by atoms with Crippen molar-refractivity contribution in [1.29, 1.82) is 0 Å². The molecule has 2 atom stereocenters. The van der Waals surface area contributed by atoms with Crippen LogP contribution in [0.15, 0.2) is 23.4 Å². The topological polar surface area (TPSA) is 102 Å². The number of aryl methyl sites for hydroxylation is 1. The van der Waals surface area contributed by atoms with Crippen molar-refractivity contribution in [2.24, 2.45) is 5.16 Å². The van der Waals surface area contributed by atoms with Gasteiger partial charge in [0.25, 0.3) is 11.8 Å². The van der Waals surface area contributed by atoms with E-state index < -0.39 is 5.60 Å². The standard InChI is InChI=1S/C18H24N4O4/c1-11(2)19-17(24)14-9-18(26-22-14)10-25-8-7-15(18)21-16(23)13-6-4-5-12(3)20-13/h4-6,11,15H,7-10H2,1-3H3,(H,19,24)(H,21,23)/t15-,18-/m1/s1. The summed E-state index contributed by atoms with van der Waals surface area (Å²) in [5.74, 6) is -0.531. The summed E-state index contributed by atoms with van der Waals surface area (Å²) in [6.45, 7) is 6.36. The molecule has 3 rings (SSSR count). The molecule has 0 unspecified atom stereocenters. The van der Waals surface area contributed by atoms with Crippen molar-refractivity contribution in [2.45, 2.75) is 51.3 Å². The van der Waals surface area contributed by atoms with Gasteiger partial charge >= 0.3 is 0 Å². The van der Waals surface area contributed by atoms with Gasteiger partial charge < -0.3 is 20.2 Å². The summed E-state index contributed by atoms with van der Waals surface area (Å²) in [6, 6.07) is 4.98. The Morgan fingerprint density at radius 2 is 2.12 bits per heavy atom. The SMILES string of the molecule is Cc1cccc(C(=O)N[C@@H]2CCOC[C@]23CC(C(=O)NC(C)C)=NO3)n1. The molecule has 1 aromatic rings. The highest BCUT2D eigenvalue weighted by molar-refractivity contribution is 6.39. The van der Waals surface area contributed by atoms with Gasteiger partial charge in [0.1, 0.15) is 11.4 Å². The summed E-state index contributed by atoms with van der Waals surface area (Å²) in [6.07, 6.45) is 0.865. The molecular formula is C18H24N4O4. The smallest absolute Gasteiger partial charge is 0.270 e. The Morgan fingerprint density at radius 3 is 2.85 bits per heavy atom. The lowest BCUT2D eigenvalue weighted by Gasteiger charge is -2.38. The second kappa shape index (κ2) is 7.41. The number of amides is 2. The number of pyridine rings is 1. The van der Waals surface area contributed by atoms with Crippen molar-refractivity contribution in [3.05, 3.63) is 29.6 Å². The molecule has 0 aliphatic carbocycles. The fourth-order valence-corrected chi connectivity index (χ4v) is 3.14. The number of hydrogen-bond donors (Lipinski definition) is 2. The molecule has 2 aliphatic rings. The number of rotatable bonds is 4. The number of hydrogen-bond acceptors (Lipinski definition) is 6. The maximum absolute atomic E-state index is 12.6. The zero-order valence-electron chi connectivity index (χ0n) is 15.2. The third kappa shape index (κ3) is 3.85. The number of oxime groups is 1.